The third kappa shape index (κ3) is 1.44. The summed E-state index contributed by atoms with van der Waals surface area (Å²) in [5, 5.41) is 0. The first-order valence-corrected chi connectivity index (χ1v) is 4.80. The molecule has 2 aromatic rings. The van der Waals surface area contributed by atoms with E-state index in [0.717, 1.165) is 17.2 Å². The molecule has 0 spiro atoms. The first kappa shape index (κ1) is 8.35. The zero-order valence-corrected chi connectivity index (χ0v) is 8.01. The number of benzene rings is 1. The quantitative estimate of drug-likeness (QED) is 0.768. The van der Waals surface area contributed by atoms with Crippen LogP contribution in [0.3, 0.4) is 0 Å². The first-order chi connectivity index (χ1) is 7.43. The molecule has 1 unspecified atom stereocenters. The Morgan fingerprint density at radius 2 is 2.13 bits per heavy atom. The number of fused-ring (bicyclic) bond motifs is 1. The number of hydrogen-bond acceptors (Lipinski definition) is 3. The highest BCUT2D eigenvalue weighted by Gasteiger charge is 2.22. The molecule has 1 N–H and O–H groups in total. The van der Waals surface area contributed by atoms with Crippen molar-refractivity contribution in [3.63, 3.8) is 0 Å². The lowest BCUT2D eigenvalue weighted by atomic mass is 10.2. The molecule has 0 aliphatic carbocycles. The fraction of sp³-hybridized carbons (Fsp3) is 0.182. The molecule has 1 atom stereocenters. The lowest BCUT2D eigenvalue weighted by Crippen LogP contribution is -2.21. The second-order valence-corrected chi connectivity index (χ2v) is 3.37. The Hall–Kier alpha value is -1.97. The van der Waals surface area contributed by atoms with Gasteiger partial charge < -0.3 is 14.5 Å². The molecule has 1 aromatic carbocycles. The highest BCUT2D eigenvalue weighted by molar-refractivity contribution is 5.41. The average Bonchev–Trinajstić information content (AvgIpc) is 2.82. The summed E-state index contributed by atoms with van der Waals surface area (Å²) in [6.07, 6.45) is 3.30. The van der Waals surface area contributed by atoms with Gasteiger partial charge in [-0.15, -0.1) is 0 Å². The molecule has 1 aliphatic heterocycles. The largest absolute Gasteiger partial charge is 0.485 e. The van der Waals surface area contributed by atoms with Crippen molar-refractivity contribution < 1.29 is 9.47 Å². The Labute approximate surface area is 86.9 Å². The molecule has 15 heavy (non-hydrogen) atoms. The van der Waals surface area contributed by atoms with Crippen LogP contribution >= 0.6 is 0 Å². The number of nitrogens with zero attached hydrogens (tertiary/aromatic N) is 1. The third-order valence-electron chi connectivity index (χ3n) is 2.37. The van der Waals surface area contributed by atoms with Crippen molar-refractivity contribution >= 4 is 0 Å². The van der Waals surface area contributed by atoms with E-state index in [9.17, 15) is 0 Å². The van der Waals surface area contributed by atoms with Crippen molar-refractivity contribution in [1.82, 2.24) is 9.97 Å². The van der Waals surface area contributed by atoms with Gasteiger partial charge in [0.2, 0.25) is 0 Å². The zero-order chi connectivity index (χ0) is 10.1. The SMILES string of the molecule is c1ccc2c(c1)OCC(c1cnc[nH]1)O2. The van der Waals surface area contributed by atoms with Crippen molar-refractivity contribution in [3.05, 3.63) is 42.5 Å². The summed E-state index contributed by atoms with van der Waals surface area (Å²) in [6, 6.07) is 7.66. The number of para-hydroxylation sites is 2. The monoisotopic (exact) mass is 202 g/mol. The highest BCUT2D eigenvalue weighted by Crippen LogP contribution is 2.35. The molecule has 0 saturated heterocycles. The fourth-order valence-electron chi connectivity index (χ4n) is 1.62. The fourth-order valence-corrected chi connectivity index (χ4v) is 1.62. The maximum atomic E-state index is 5.78. The molecule has 4 nitrogen and oxygen atoms in total. The highest BCUT2D eigenvalue weighted by atomic mass is 16.6. The number of nitrogens with one attached hydrogen (secondary N) is 1. The topological polar surface area (TPSA) is 47.1 Å². The van der Waals surface area contributed by atoms with Crippen LogP contribution in [0.1, 0.15) is 11.8 Å². The second-order valence-electron chi connectivity index (χ2n) is 3.37. The maximum absolute atomic E-state index is 5.78. The van der Waals surface area contributed by atoms with Gasteiger partial charge in [0, 0.05) is 0 Å². The van der Waals surface area contributed by atoms with Crippen LogP contribution < -0.4 is 9.47 Å². The van der Waals surface area contributed by atoms with Crippen LogP contribution in [0.15, 0.2) is 36.8 Å². The van der Waals surface area contributed by atoms with Gasteiger partial charge in [0.05, 0.1) is 18.2 Å². The van der Waals surface area contributed by atoms with Gasteiger partial charge in [-0.2, -0.15) is 0 Å². The number of aromatic nitrogens is 2. The smallest absolute Gasteiger partial charge is 0.174 e. The van der Waals surface area contributed by atoms with Gasteiger partial charge in [-0.3, -0.25) is 0 Å². The minimum atomic E-state index is -0.0950. The molecule has 0 amide bonds. The summed E-state index contributed by atoms with van der Waals surface area (Å²) in [6.45, 7) is 0.513. The second kappa shape index (κ2) is 3.31. The van der Waals surface area contributed by atoms with E-state index < -0.39 is 0 Å². The van der Waals surface area contributed by atoms with E-state index >= 15 is 0 Å². The molecule has 76 valence electrons. The molecule has 1 aliphatic rings. The van der Waals surface area contributed by atoms with E-state index in [1.54, 1.807) is 12.5 Å². The van der Waals surface area contributed by atoms with Gasteiger partial charge in [0.1, 0.15) is 6.61 Å². The lowest BCUT2D eigenvalue weighted by molar-refractivity contribution is 0.0886. The van der Waals surface area contributed by atoms with E-state index in [4.69, 9.17) is 9.47 Å². The number of aromatic amines is 1. The molecule has 0 saturated carbocycles. The molecular weight excluding hydrogens is 192 g/mol. The van der Waals surface area contributed by atoms with Crippen molar-refractivity contribution in [1.29, 1.82) is 0 Å². The van der Waals surface area contributed by atoms with Gasteiger partial charge in [0.15, 0.2) is 17.6 Å². The van der Waals surface area contributed by atoms with Crippen LogP contribution in [0.25, 0.3) is 0 Å². The Balaban J connectivity index is 1.89. The lowest BCUT2D eigenvalue weighted by Gasteiger charge is -2.25. The van der Waals surface area contributed by atoms with Crippen LogP contribution in [-0.2, 0) is 0 Å². The minimum Gasteiger partial charge on any atom is -0.485 e. The maximum Gasteiger partial charge on any atom is 0.174 e. The van der Waals surface area contributed by atoms with Crippen LogP contribution in [-0.4, -0.2) is 16.6 Å². The Kier molecular flexibility index (Phi) is 1.84. The summed E-state index contributed by atoms with van der Waals surface area (Å²) in [4.78, 5) is 6.98. The molecular formula is C11H10N2O2. The number of ether oxygens (including phenoxy) is 2. The molecule has 0 fully saturated rings. The standard InChI is InChI=1S/C11H10N2O2/c1-2-4-10-9(3-1)14-6-11(15-10)8-5-12-7-13-8/h1-5,7,11H,6H2,(H,12,13). The summed E-state index contributed by atoms with van der Waals surface area (Å²) >= 11 is 0. The molecule has 0 bridgehead atoms. The Morgan fingerprint density at radius 3 is 2.93 bits per heavy atom. The van der Waals surface area contributed by atoms with E-state index in [-0.39, 0.29) is 6.10 Å². The van der Waals surface area contributed by atoms with Crippen molar-refractivity contribution in [2.45, 2.75) is 6.10 Å². The number of rotatable bonds is 1. The predicted molar refractivity (Wildman–Crippen MR) is 53.9 cm³/mol. The van der Waals surface area contributed by atoms with Crippen LogP contribution in [0, 0.1) is 0 Å². The molecule has 1 aromatic heterocycles. The Bertz CT molecular complexity index is 453. The normalized spacial score (nSPS) is 18.8. The summed E-state index contributed by atoms with van der Waals surface area (Å²) in [5.41, 5.74) is 0.935. The number of H-pyrrole nitrogens is 1. The van der Waals surface area contributed by atoms with Crippen LogP contribution in [0.4, 0.5) is 0 Å². The van der Waals surface area contributed by atoms with Gasteiger partial charge in [-0.1, -0.05) is 12.1 Å². The summed E-state index contributed by atoms with van der Waals surface area (Å²) in [5.74, 6) is 1.58. The number of imidazole rings is 1. The van der Waals surface area contributed by atoms with Crippen molar-refractivity contribution in [3.8, 4) is 11.5 Å². The minimum absolute atomic E-state index is 0.0950. The molecule has 3 rings (SSSR count). The predicted octanol–water partition coefficient (Wildman–Crippen LogP) is 1.92. The molecule has 2 heterocycles. The third-order valence-corrected chi connectivity index (χ3v) is 2.37. The molecule has 4 heteroatoms. The molecule has 0 radical (unpaired) electrons. The zero-order valence-electron chi connectivity index (χ0n) is 8.01. The van der Waals surface area contributed by atoms with Gasteiger partial charge in [-0.05, 0) is 12.1 Å². The van der Waals surface area contributed by atoms with E-state index in [1.165, 1.54) is 0 Å². The Morgan fingerprint density at radius 1 is 1.27 bits per heavy atom. The van der Waals surface area contributed by atoms with E-state index in [0.29, 0.717) is 6.61 Å². The first-order valence-electron chi connectivity index (χ1n) is 4.80. The van der Waals surface area contributed by atoms with Gasteiger partial charge in [0.25, 0.3) is 0 Å². The van der Waals surface area contributed by atoms with Crippen LogP contribution in [0.2, 0.25) is 0 Å². The van der Waals surface area contributed by atoms with E-state index in [1.807, 2.05) is 24.3 Å². The average molecular weight is 202 g/mol. The summed E-state index contributed by atoms with van der Waals surface area (Å²) in [7, 11) is 0. The van der Waals surface area contributed by atoms with E-state index in [2.05, 4.69) is 9.97 Å². The van der Waals surface area contributed by atoms with Crippen molar-refractivity contribution in [2.75, 3.05) is 6.61 Å². The van der Waals surface area contributed by atoms with Crippen LogP contribution in [0.5, 0.6) is 11.5 Å². The van der Waals surface area contributed by atoms with Gasteiger partial charge >= 0.3 is 0 Å². The number of hydrogen-bond donors (Lipinski definition) is 1. The van der Waals surface area contributed by atoms with Gasteiger partial charge in [-0.25, -0.2) is 4.98 Å². The van der Waals surface area contributed by atoms with Crippen molar-refractivity contribution in [2.24, 2.45) is 0 Å². The summed E-state index contributed by atoms with van der Waals surface area (Å²) < 4.78 is 11.4.